The minimum absolute atomic E-state index is 0.210. The van der Waals surface area contributed by atoms with Crippen LogP contribution in [0.2, 0.25) is 0 Å². The molecule has 0 bridgehead atoms. The van der Waals surface area contributed by atoms with Crippen molar-refractivity contribution >= 4 is 6.72 Å². The molecule has 0 aromatic rings. The van der Waals surface area contributed by atoms with Gasteiger partial charge in [-0.05, 0) is 13.6 Å². The van der Waals surface area contributed by atoms with E-state index >= 15 is 0 Å². The number of alkyl halides is 3. The summed E-state index contributed by atoms with van der Waals surface area (Å²) in [5, 5.41) is 0.564. The zero-order valence-corrected chi connectivity index (χ0v) is 6.60. The maximum absolute atomic E-state index is 11.7. The molecule has 0 aliphatic rings. The van der Waals surface area contributed by atoms with E-state index in [9.17, 15) is 13.2 Å². The van der Waals surface area contributed by atoms with Crippen molar-refractivity contribution in [1.29, 1.82) is 0 Å². The van der Waals surface area contributed by atoms with Crippen molar-refractivity contribution in [3.05, 3.63) is 11.9 Å². The lowest BCUT2D eigenvalue weighted by molar-refractivity contribution is -0.142. The number of hydrogen-bond acceptors (Lipinski definition) is 3. The Hall–Kier alpha value is -1.04. The van der Waals surface area contributed by atoms with E-state index in [0.29, 0.717) is 5.01 Å². The van der Waals surface area contributed by atoms with E-state index in [4.69, 9.17) is 5.84 Å². The van der Waals surface area contributed by atoms with Crippen molar-refractivity contribution in [2.45, 2.75) is 13.1 Å². The van der Waals surface area contributed by atoms with E-state index in [2.05, 4.69) is 11.7 Å². The first-order chi connectivity index (χ1) is 5.37. The maximum atomic E-state index is 11.7. The normalized spacial score (nSPS) is 12.9. The summed E-state index contributed by atoms with van der Waals surface area (Å²) in [5.41, 5.74) is 0.210. The average molecular weight is 181 g/mol. The van der Waals surface area contributed by atoms with Crippen LogP contribution in [0.25, 0.3) is 0 Å². The monoisotopic (exact) mass is 181 g/mol. The van der Waals surface area contributed by atoms with Crippen LogP contribution < -0.4 is 5.84 Å². The lowest BCUT2D eigenvalue weighted by Crippen LogP contribution is -2.37. The van der Waals surface area contributed by atoms with Crippen LogP contribution >= 0.6 is 0 Å². The van der Waals surface area contributed by atoms with E-state index in [1.165, 1.54) is 6.92 Å². The molecular formula is C6H10F3N3. The van der Waals surface area contributed by atoms with Gasteiger partial charge in [-0.25, -0.2) is 5.84 Å². The molecule has 0 rings (SSSR count). The first-order valence-electron chi connectivity index (χ1n) is 3.08. The van der Waals surface area contributed by atoms with E-state index < -0.39 is 12.7 Å². The second-order valence-electron chi connectivity index (χ2n) is 2.20. The van der Waals surface area contributed by atoms with Gasteiger partial charge in [0.25, 0.3) is 0 Å². The van der Waals surface area contributed by atoms with Crippen molar-refractivity contribution < 1.29 is 13.2 Å². The van der Waals surface area contributed by atoms with Crippen LogP contribution in [0, 0.1) is 0 Å². The average Bonchev–Trinajstić information content (AvgIpc) is 1.84. The topological polar surface area (TPSA) is 41.6 Å². The fourth-order valence-electron chi connectivity index (χ4n) is 0.524. The molecule has 0 heterocycles. The lowest BCUT2D eigenvalue weighted by atomic mass is 10.5. The number of nitrogens with two attached hydrogens (primary N) is 1. The number of hydrazine groups is 1. The summed E-state index contributed by atoms with van der Waals surface area (Å²) in [4.78, 5) is 3.29. The smallest absolute Gasteiger partial charge is 0.305 e. The number of hydrogen-bond donors (Lipinski definition) is 1. The Morgan fingerprint density at radius 1 is 1.67 bits per heavy atom. The molecule has 2 N–H and O–H groups in total. The summed E-state index contributed by atoms with van der Waals surface area (Å²) >= 11 is 0. The molecule has 0 aromatic heterocycles. The quantitative estimate of drug-likeness (QED) is 0.405. The highest BCUT2D eigenvalue weighted by molar-refractivity contribution is 5.26. The highest BCUT2D eigenvalue weighted by Gasteiger charge is 2.29. The SMILES string of the molecule is C=N/C=C(\C)N(N)CC(F)(F)F. The summed E-state index contributed by atoms with van der Waals surface area (Å²) in [5.74, 6) is 5.05. The van der Waals surface area contributed by atoms with E-state index in [1.807, 2.05) is 0 Å². The summed E-state index contributed by atoms with van der Waals surface area (Å²) in [6.45, 7) is 3.32. The molecular weight excluding hydrogens is 171 g/mol. The largest absolute Gasteiger partial charge is 0.407 e. The molecule has 0 saturated heterocycles. The van der Waals surface area contributed by atoms with Crippen molar-refractivity contribution in [1.82, 2.24) is 5.01 Å². The van der Waals surface area contributed by atoms with E-state index in [1.54, 1.807) is 0 Å². The first kappa shape index (κ1) is 11.0. The Labute approximate surface area is 68.3 Å². The lowest BCUT2D eigenvalue weighted by Gasteiger charge is -2.19. The van der Waals surface area contributed by atoms with Crippen LogP contribution in [0.1, 0.15) is 6.92 Å². The van der Waals surface area contributed by atoms with Gasteiger partial charge in [-0.2, -0.15) is 13.2 Å². The Bertz CT molecular complexity index is 185. The highest BCUT2D eigenvalue weighted by atomic mass is 19.4. The van der Waals surface area contributed by atoms with E-state index in [0.717, 1.165) is 6.20 Å². The molecule has 0 saturated carbocycles. The standard InChI is InChI=1S/C6H10F3N3/c1-5(3-11-2)12(10)4-6(7,8)9/h3H,2,4,10H2,1H3/b5-3+. The van der Waals surface area contributed by atoms with Gasteiger partial charge in [-0.15, -0.1) is 0 Å². The first-order valence-corrected chi connectivity index (χ1v) is 3.08. The molecule has 6 heteroatoms. The Balaban J connectivity index is 4.13. The van der Waals surface area contributed by atoms with Crippen molar-refractivity contribution in [3.63, 3.8) is 0 Å². The second-order valence-corrected chi connectivity index (χ2v) is 2.20. The maximum Gasteiger partial charge on any atom is 0.407 e. The number of aliphatic imine (C=N–C) groups is 1. The van der Waals surface area contributed by atoms with Gasteiger partial charge in [-0.3, -0.25) is 4.99 Å². The van der Waals surface area contributed by atoms with Crippen molar-refractivity contribution in [3.8, 4) is 0 Å². The third-order valence-electron chi connectivity index (χ3n) is 1.08. The minimum atomic E-state index is -4.30. The third kappa shape index (κ3) is 4.73. The molecule has 12 heavy (non-hydrogen) atoms. The molecule has 0 aromatic carbocycles. The van der Waals surface area contributed by atoms with Gasteiger partial charge in [-0.1, -0.05) is 0 Å². The van der Waals surface area contributed by atoms with Crippen LogP contribution in [0.3, 0.4) is 0 Å². The fourth-order valence-corrected chi connectivity index (χ4v) is 0.524. The Kier molecular flexibility index (Phi) is 3.75. The van der Waals surface area contributed by atoms with Gasteiger partial charge in [0, 0.05) is 11.9 Å². The minimum Gasteiger partial charge on any atom is -0.305 e. The van der Waals surface area contributed by atoms with Crippen LogP contribution in [0.15, 0.2) is 16.9 Å². The molecule has 70 valence electrons. The van der Waals surface area contributed by atoms with Gasteiger partial charge in [0.2, 0.25) is 0 Å². The summed E-state index contributed by atoms with van der Waals surface area (Å²) < 4.78 is 35.1. The van der Waals surface area contributed by atoms with Crippen LogP contribution in [-0.2, 0) is 0 Å². The van der Waals surface area contributed by atoms with Crippen LogP contribution in [0.4, 0.5) is 13.2 Å². The molecule has 0 spiro atoms. The van der Waals surface area contributed by atoms with Gasteiger partial charge >= 0.3 is 6.18 Å². The van der Waals surface area contributed by atoms with Gasteiger partial charge in [0.15, 0.2) is 0 Å². The molecule has 0 unspecified atom stereocenters. The van der Waals surface area contributed by atoms with Gasteiger partial charge in [0.05, 0.1) is 0 Å². The van der Waals surface area contributed by atoms with Gasteiger partial charge in [0.1, 0.15) is 6.54 Å². The van der Waals surface area contributed by atoms with Gasteiger partial charge < -0.3 is 5.01 Å². The predicted octanol–water partition coefficient (Wildman–Crippen LogP) is 1.29. The molecule has 0 radical (unpaired) electrons. The number of nitrogens with zero attached hydrogens (tertiary/aromatic N) is 2. The van der Waals surface area contributed by atoms with Crippen LogP contribution in [-0.4, -0.2) is 24.4 Å². The molecule has 0 aliphatic heterocycles. The fraction of sp³-hybridized carbons (Fsp3) is 0.500. The highest BCUT2D eigenvalue weighted by Crippen LogP contribution is 2.16. The summed E-state index contributed by atoms with van der Waals surface area (Å²) in [7, 11) is 0. The van der Waals surface area contributed by atoms with Crippen LogP contribution in [0.5, 0.6) is 0 Å². The zero-order chi connectivity index (χ0) is 9.78. The Morgan fingerprint density at radius 2 is 2.17 bits per heavy atom. The van der Waals surface area contributed by atoms with Crippen molar-refractivity contribution in [2.24, 2.45) is 10.8 Å². The number of halogens is 3. The molecule has 0 atom stereocenters. The Morgan fingerprint density at radius 3 is 2.50 bits per heavy atom. The molecule has 0 amide bonds. The summed E-state index contributed by atoms with van der Waals surface area (Å²) in [6.07, 6.45) is -3.14. The number of allylic oxidation sites excluding steroid dienone is 1. The predicted molar refractivity (Wildman–Crippen MR) is 40.3 cm³/mol. The molecule has 3 nitrogen and oxygen atoms in total. The number of rotatable bonds is 3. The second kappa shape index (κ2) is 4.10. The molecule has 0 aliphatic carbocycles. The van der Waals surface area contributed by atoms with E-state index in [-0.39, 0.29) is 5.70 Å². The molecule has 0 fully saturated rings. The van der Waals surface area contributed by atoms with Crippen molar-refractivity contribution in [2.75, 3.05) is 6.54 Å². The summed E-state index contributed by atoms with van der Waals surface area (Å²) in [6, 6.07) is 0. The third-order valence-corrected chi connectivity index (χ3v) is 1.08. The zero-order valence-electron chi connectivity index (χ0n) is 6.60.